The standard InChI is InChI=1S/C9H10N2O5/c1-2-6-16-8-5-3-4-7(10(12)13)9(8)11(14)15/h3-5H,2,6H2,1H3. The molecule has 0 heterocycles. The maximum Gasteiger partial charge on any atom is 0.387 e. The largest absolute Gasteiger partial charge is 0.487 e. The van der Waals surface area contributed by atoms with Crippen molar-refractivity contribution in [3.05, 3.63) is 38.4 Å². The van der Waals surface area contributed by atoms with E-state index in [-0.39, 0.29) is 12.4 Å². The molecule has 0 saturated carbocycles. The number of nitro benzene ring substituents is 2. The molecule has 0 fully saturated rings. The SMILES string of the molecule is CCCOc1cccc([N+](=O)[O-])c1[N+](=O)[O-]. The number of nitro groups is 2. The van der Waals surface area contributed by atoms with Crippen LogP contribution in [0.15, 0.2) is 18.2 Å². The third-order valence-electron chi connectivity index (χ3n) is 1.82. The molecule has 1 rings (SSSR count). The average molecular weight is 226 g/mol. The van der Waals surface area contributed by atoms with Crippen LogP contribution < -0.4 is 4.74 Å². The van der Waals surface area contributed by atoms with Crippen LogP contribution in [0.5, 0.6) is 5.75 Å². The van der Waals surface area contributed by atoms with E-state index in [0.717, 1.165) is 6.07 Å². The summed E-state index contributed by atoms with van der Waals surface area (Å²) in [5.41, 5.74) is -1.15. The van der Waals surface area contributed by atoms with Crippen LogP contribution in [0.3, 0.4) is 0 Å². The maximum absolute atomic E-state index is 10.7. The average Bonchev–Trinajstić information content (AvgIpc) is 2.25. The Kier molecular flexibility index (Phi) is 3.76. The minimum Gasteiger partial charge on any atom is -0.487 e. The fourth-order valence-electron chi connectivity index (χ4n) is 1.17. The van der Waals surface area contributed by atoms with Crippen LogP contribution in [-0.4, -0.2) is 16.5 Å². The smallest absolute Gasteiger partial charge is 0.387 e. The summed E-state index contributed by atoms with van der Waals surface area (Å²) >= 11 is 0. The van der Waals surface area contributed by atoms with Crippen molar-refractivity contribution in [2.75, 3.05) is 6.61 Å². The Bertz CT molecular complexity index is 418. The molecule has 0 radical (unpaired) electrons. The van der Waals surface area contributed by atoms with Crippen molar-refractivity contribution in [2.24, 2.45) is 0 Å². The molecule has 1 aromatic rings. The second-order valence-electron chi connectivity index (χ2n) is 2.99. The van der Waals surface area contributed by atoms with Crippen LogP contribution in [0.25, 0.3) is 0 Å². The molecule has 86 valence electrons. The van der Waals surface area contributed by atoms with Crippen molar-refractivity contribution in [1.29, 1.82) is 0 Å². The summed E-state index contributed by atoms with van der Waals surface area (Å²) in [5, 5.41) is 21.3. The number of nitrogens with zero attached hydrogens (tertiary/aromatic N) is 2. The van der Waals surface area contributed by atoms with Gasteiger partial charge < -0.3 is 4.74 Å². The Hall–Kier alpha value is -2.18. The van der Waals surface area contributed by atoms with Gasteiger partial charge in [-0.1, -0.05) is 13.0 Å². The first-order chi connectivity index (χ1) is 7.57. The van der Waals surface area contributed by atoms with Gasteiger partial charge in [-0.05, 0) is 12.5 Å². The third-order valence-corrected chi connectivity index (χ3v) is 1.82. The lowest BCUT2D eigenvalue weighted by Gasteiger charge is -2.04. The minimum atomic E-state index is -0.802. The summed E-state index contributed by atoms with van der Waals surface area (Å²) in [6, 6.07) is 3.79. The van der Waals surface area contributed by atoms with Gasteiger partial charge in [-0.15, -0.1) is 0 Å². The molecule has 0 saturated heterocycles. The predicted octanol–water partition coefficient (Wildman–Crippen LogP) is 2.29. The summed E-state index contributed by atoms with van der Waals surface area (Å²) in [6.45, 7) is 2.12. The first kappa shape index (κ1) is 11.9. The highest BCUT2D eigenvalue weighted by molar-refractivity contribution is 5.61. The van der Waals surface area contributed by atoms with E-state index in [4.69, 9.17) is 4.74 Å². The topological polar surface area (TPSA) is 95.5 Å². The molecule has 7 heteroatoms. The predicted molar refractivity (Wildman–Crippen MR) is 55.5 cm³/mol. The lowest BCUT2D eigenvalue weighted by molar-refractivity contribution is -0.423. The van der Waals surface area contributed by atoms with Gasteiger partial charge in [-0.25, -0.2) is 0 Å². The van der Waals surface area contributed by atoms with Gasteiger partial charge in [0.15, 0.2) is 0 Å². The second kappa shape index (κ2) is 5.06. The van der Waals surface area contributed by atoms with Crippen LogP contribution in [-0.2, 0) is 0 Å². The molecular weight excluding hydrogens is 216 g/mol. The number of rotatable bonds is 5. The molecule has 0 aliphatic heterocycles. The molecule has 0 aliphatic carbocycles. The van der Waals surface area contributed by atoms with Gasteiger partial charge in [0.2, 0.25) is 5.75 Å². The summed E-state index contributed by atoms with van der Waals surface area (Å²) in [5.74, 6) is -0.0685. The van der Waals surface area contributed by atoms with Crippen LogP contribution in [0.2, 0.25) is 0 Å². The lowest BCUT2D eigenvalue weighted by Crippen LogP contribution is -2.02. The van der Waals surface area contributed by atoms with Crippen molar-refractivity contribution in [1.82, 2.24) is 0 Å². The number of hydrogen-bond acceptors (Lipinski definition) is 5. The van der Waals surface area contributed by atoms with E-state index in [1.165, 1.54) is 12.1 Å². The van der Waals surface area contributed by atoms with Crippen molar-refractivity contribution in [3.63, 3.8) is 0 Å². The Morgan fingerprint density at radius 2 is 1.94 bits per heavy atom. The number of hydrogen-bond donors (Lipinski definition) is 0. The van der Waals surface area contributed by atoms with Gasteiger partial charge >= 0.3 is 11.4 Å². The summed E-state index contributed by atoms with van der Waals surface area (Å²) in [7, 11) is 0. The van der Waals surface area contributed by atoms with E-state index >= 15 is 0 Å². The van der Waals surface area contributed by atoms with Crippen molar-refractivity contribution in [3.8, 4) is 5.75 Å². The summed E-state index contributed by atoms with van der Waals surface area (Å²) in [6.07, 6.45) is 0.667. The molecule has 16 heavy (non-hydrogen) atoms. The van der Waals surface area contributed by atoms with E-state index in [0.29, 0.717) is 6.42 Å². The minimum absolute atomic E-state index is 0.0685. The van der Waals surface area contributed by atoms with Gasteiger partial charge in [0, 0.05) is 6.07 Å². The third kappa shape index (κ3) is 2.44. The molecule has 7 nitrogen and oxygen atoms in total. The van der Waals surface area contributed by atoms with Gasteiger partial charge in [0.25, 0.3) is 0 Å². The molecule has 0 aliphatic rings. The van der Waals surface area contributed by atoms with Crippen LogP contribution in [0.1, 0.15) is 13.3 Å². The Balaban J connectivity index is 3.21. The zero-order valence-corrected chi connectivity index (χ0v) is 8.58. The molecule has 0 unspecified atom stereocenters. The molecular formula is C9H10N2O5. The fourth-order valence-corrected chi connectivity index (χ4v) is 1.17. The number of benzene rings is 1. The second-order valence-corrected chi connectivity index (χ2v) is 2.99. The monoisotopic (exact) mass is 226 g/mol. The Morgan fingerprint density at radius 1 is 1.25 bits per heavy atom. The van der Waals surface area contributed by atoms with E-state index < -0.39 is 21.2 Å². The summed E-state index contributed by atoms with van der Waals surface area (Å²) in [4.78, 5) is 19.7. The highest BCUT2D eigenvalue weighted by Gasteiger charge is 2.29. The first-order valence-corrected chi connectivity index (χ1v) is 4.62. The molecule has 0 aromatic heterocycles. The van der Waals surface area contributed by atoms with Gasteiger partial charge in [0.1, 0.15) is 0 Å². The van der Waals surface area contributed by atoms with Gasteiger partial charge in [0.05, 0.1) is 16.5 Å². The van der Waals surface area contributed by atoms with Crippen LogP contribution >= 0.6 is 0 Å². The van der Waals surface area contributed by atoms with Gasteiger partial charge in [-0.3, -0.25) is 20.2 Å². The molecule has 0 amide bonds. The zero-order valence-electron chi connectivity index (χ0n) is 8.58. The van der Waals surface area contributed by atoms with E-state index in [2.05, 4.69) is 0 Å². The Morgan fingerprint density at radius 3 is 2.44 bits per heavy atom. The van der Waals surface area contributed by atoms with Crippen molar-refractivity contribution in [2.45, 2.75) is 13.3 Å². The number of para-hydroxylation sites is 1. The van der Waals surface area contributed by atoms with Gasteiger partial charge in [-0.2, -0.15) is 0 Å². The molecule has 1 aromatic carbocycles. The normalized spacial score (nSPS) is 9.81. The molecule has 0 spiro atoms. The van der Waals surface area contributed by atoms with E-state index in [1.807, 2.05) is 6.92 Å². The fraction of sp³-hybridized carbons (Fsp3) is 0.333. The molecule has 0 N–H and O–H groups in total. The highest BCUT2D eigenvalue weighted by atomic mass is 16.6. The van der Waals surface area contributed by atoms with Crippen LogP contribution in [0.4, 0.5) is 11.4 Å². The van der Waals surface area contributed by atoms with E-state index in [9.17, 15) is 20.2 Å². The van der Waals surface area contributed by atoms with E-state index in [1.54, 1.807) is 0 Å². The quantitative estimate of drug-likeness (QED) is 0.566. The molecule has 0 bridgehead atoms. The Labute approximate surface area is 90.9 Å². The summed E-state index contributed by atoms with van der Waals surface area (Å²) < 4.78 is 5.09. The first-order valence-electron chi connectivity index (χ1n) is 4.62. The maximum atomic E-state index is 10.7. The lowest BCUT2D eigenvalue weighted by atomic mass is 10.2. The molecule has 0 atom stereocenters. The van der Waals surface area contributed by atoms with Crippen molar-refractivity contribution >= 4 is 11.4 Å². The highest BCUT2D eigenvalue weighted by Crippen LogP contribution is 2.35. The van der Waals surface area contributed by atoms with Crippen molar-refractivity contribution < 1.29 is 14.6 Å². The zero-order chi connectivity index (χ0) is 12.1. The van der Waals surface area contributed by atoms with Crippen LogP contribution in [0, 0.1) is 20.2 Å². The number of ether oxygens (including phenoxy) is 1.